The Balaban J connectivity index is 2.86. The van der Waals surface area contributed by atoms with Crippen LogP contribution in [0.4, 0.5) is 0 Å². The normalized spacial score (nSPS) is 12.5. The van der Waals surface area contributed by atoms with Gasteiger partial charge in [0.1, 0.15) is 5.75 Å². The molecule has 0 heterocycles. The molecule has 1 atom stereocenters. The lowest BCUT2D eigenvalue weighted by Gasteiger charge is -2.17. The second-order valence-electron chi connectivity index (χ2n) is 4.91. The zero-order valence-corrected chi connectivity index (χ0v) is 11.6. The number of benzene rings is 1. The second-order valence-corrected chi connectivity index (χ2v) is 4.91. The van der Waals surface area contributed by atoms with Crippen LogP contribution in [0.15, 0.2) is 18.2 Å². The quantitative estimate of drug-likeness (QED) is 0.836. The Kier molecular flexibility index (Phi) is 5.20. The number of ether oxygens (including phenoxy) is 1. The highest BCUT2D eigenvalue weighted by Crippen LogP contribution is 2.25. The van der Waals surface area contributed by atoms with Gasteiger partial charge >= 0.3 is 5.97 Å². The summed E-state index contributed by atoms with van der Waals surface area (Å²) in [6.07, 6.45) is 0.569. The monoisotopic (exact) mass is 250 g/mol. The van der Waals surface area contributed by atoms with Crippen LogP contribution in [0.1, 0.15) is 50.7 Å². The summed E-state index contributed by atoms with van der Waals surface area (Å²) in [6, 6.07) is 5.93. The van der Waals surface area contributed by atoms with Gasteiger partial charge in [-0.15, -0.1) is 0 Å². The van der Waals surface area contributed by atoms with Gasteiger partial charge in [0.25, 0.3) is 0 Å². The first-order chi connectivity index (χ1) is 8.45. The van der Waals surface area contributed by atoms with Crippen LogP contribution in [-0.2, 0) is 4.79 Å². The topological polar surface area (TPSA) is 46.5 Å². The van der Waals surface area contributed by atoms with Crippen LogP contribution in [0, 0.1) is 6.92 Å². The number of hydrogen-bond donors (Lipinski definition) is 1. The zero-order chi connectivity index (χ0) is 13.7. The highest BCUT2D eigenvalue weighted by Gasteiger charge is 2.19. The van der Waals surface area contributed by atoms with E-state index in [1.165, 1.54) is 5.56 Å². The summed E-state index contributed by atoms with van der Waals surface area (Å²) < 4.78 is 5.58. The van der Waals surface area contributed by atoms with Crippen molar-refractivity contribution in [2.24, 2.45) is 0 Å². The molecule has 0 aliphatic rings. The molecule has 0 spiro atoms. The minimum absolute atomic E-state index is 0.462. The molecule has 0 saturated heterocycles. The molecule has 0 amide bonds. The van der Waals surface area contributed by atoms with Crippen LogP contribution < -0.4 is 4.74 Å². The molecule has 1 aromatic carbocycles. The number of rotatable bonds is 6. The van der Waals surface area contributed by atoms with Gasteiger partial charge < -0.3 is 9.84 Å². The highest BCUT2D eigenvalue weighted by atomic mass is 16.5. The van der Waals surface area contributed by atoms with Gasteiger partial charge in [0.05, 0.1) is 0 Å². The van der Waals surface area contributed by atoms with Crippen LogP contribution in [0.25, 0.3) is 0 Å². The average Bonchev–Trinajstić information content (AvgIpc) is 2.30. The lowest BCUT2D eigenvalue weighted by Crippen LogP contribution is -2.27. The molecule has 18 heavy (non-hydrogen) atoms. The van der Waals surface area contributed by atoms with Crippen molar-refractivity contribution in [1.29, 1.82) is 0 Å². The minimum atomic E-state index is -0.899. The van der Waals surface area contributed by atoms with Gasteiger partial charge in [-0.3, -0.25) is 0 Å². The predicted octanol–water partition coefficient (Wildman–Crippen LogP) is 3.75. The summed E-state index contributed by atoms with van der Waals surface area (Å²) in [5, 5.41) is 9.07. The van der Waals surface area contributed by atoms with Gasteiger partial charge in [0, 0.05) is 0 Å². The summed E-state index contributed by atoms with van der Waals surface area (Å²) in [5.74, 6) is 0.230. The summed E-state index contributed by atoms with van der Waals surface area (Å²) in [5.41, 5.74) is 2.23. The van der Waals surface area contributed by atoms with E-state index in [1.54, 1.807) is 0 Å². The molecule has 0 aliphatic carbocycles. The standard InChI is InChI=1S/C15H22O3/c1-5-6-14(15(16)17)18-13-8-7-12(10(2)3)9-11(13)4/h7-10,14H,5-6H2,1-4H3,(H,16,17)/t14-/m0/s1. The molecule has 0 fully saturated rings. The molecule has 0 aliphatic heterocycles. The van der Waals surface area contributed by atoms with Crippen molar-refractivity contribution in [3.8, 4) is 5.75 Å². The summed E-state index contributed by atoms with van der Waals surface area (Å²) in [7, 11) is 0. The number of aryl methyl sites for hydroxylation is 1. The van der Waals surface area contributed by atoms with Gasteiger partial charge in [0.2, 0.25) is 0 Å². The largest absolute Gasteiger partial charge is 0.479 e. The van der Waals surface area contributed by atoms with Crippen LogP contribution in [0.5, 0.6) is 5.75 Å². The summed E-state index contributed by atoms with van der Waals surface area (Å²) in [6.45, 7) is 8.17. The van der Waals surface area contributed by atoms with Crippen LogP contribution >= 0.6 is 0 Å². The number of hydrogen-bond acceptors (Lipinski definition) is 2. The Bertz CT molecular complexity index is 410. The Morgan fingerprint density at radius 1 is 1.39 bits per heavy atom. The lowest BCUT2D eigenvalue weighted by molar-refractivity contribution is -0.145. The predicted molar refractivity (Wildman–Crippen MR) is 72.2 cm³/mol. The summed E-state index contributed by atoms with van der Waals surface area (Å²) in [4.78, 5) is 11.1. The van der Waals surface area contributed by atoms with Gasteiger partial charge in [-0.05, 0) is 36.5 Å². The number of carbonyl (C=O) groups is 1. The van der Waals surface area contributed by atoms with Crippen molar-refractivity contribution in [2.45, 2.75) is 52.6 Å². The maximum absolute atomic E-state index is 11.1. The van der Waals surface area contributed by atoms with Crippen molar-refractivity contribution >= 4 is 5.97 Å². The fourth-order valence-electron chi connectivity index (χ4n) is 1.81. The second kappa shape index (κ2) is 6.43. The van der Waals surface area contributed by atoms with Gasteiger partial charge in [-0.2, -0.15) is 0 Å². The van der Waals surface area contributed by atoms with E-state index in [1.807, 2.05) is 26.0 Å². The highest BCUT2D eigenvalue weighted by molar-refractivity contribution is 5.72. The Morgan fingerprint density at radius 2 is 2.06 bits per heavy atom. The lowest BCUT2D eigenvalue weighted by atomic mass is 10.0. The molecule has 0 radical (unpaired) electrons. The first kappa shape index (κ1) is 14.6. The van der Waals surface area contributed by atoms with E-state index in [0.717, 1.165) is 12.0 Å². The van der Waals surface area contributed by atoms with E-state index in [-0.39, 0.29) is 0 Å². The SMILES string of the molecule is CCC[C@H](Oc1ccc(C(C)C)cc1C)C(=O)O. The van der Waals surface area contributed by atoms with Crippen LogP contribution in [0.2, 0.25) is 0 Å². The van der Waals surface area contributed by atoms with Crippen molar-refractivity contribution in [2.75, 3.05) is 0 Å². The number of carboxylic acid groups (broad SMARTS) is 1. The Morgan fingerprint density at radius 3 is 2.50 bits per heavy atom. The van der Waals surface area contributed by atoms with Gasteiger partial charge in [-0.1, -0.05) is 39.3 Å². The van der Waals surface area contributed by atoms with E-state index >= 15 is 0 Å². The van der Waals surface area contributed by atoms with E-state index < -0.39 is 12.1 Å². The molecule has 1 rings (SSSR count). The van der Waals surface area contributed by atoms with Crippen molar-refractivity contribution < 1.29 is 14.6 Å². The van der Waals surface area contributed by atoms with E-state index in [9.17, 15) is 4.79 Å². The molecule has 1 aromatic rings. The third-order valence-electron chi connectivity index (χ3n) is 2.96. The molecule has 1 N–H and O–H groups in total. The number of carboxylic acids is 1. The molecule has 0 aromatic heterocycles. The first-order valence-corrected chi connectivity index (χ1v) is 6.45. The zero-order valence-electron chi connectivity index (χ0n) is 11.6. The molecule has 3 nitrogen and oxygen atoms in total. The Hall–Kier alpha value is -1.51. The molecule has 0 saturated carbocycles. The van der Waals surface area contributed by atoms with E-state index in [2.05, 4.69) is 19.9 Å². The smallest absolute Gasteiger partial charge is 0.344 e. The van der Waals surface area contributed by atoms with Crippen molar-refractivity contribution in [3.05, 3.63) is 29.3 Å². The van der Waals surface area contributed by atoms with Crippen LogP contribution in [0.3, 0.4) is 0 Å². The van der Waals surface area contributed by atoms with E-state index in [0.29, 0.717) is 18.1 Å². The van der Waals surface area contributed by atoms with Crippen molar-refractivity contribution in [3.63, 3.8) is 0 Å². The first-order valence-electron chi connectivity index (χ1n) is 6.45. The maximum atomic E-state index is 11.1. The molecule has 3 heteroatoms. The fourth-order valence-corrected chi connectivity index (χ4v) is 1.81. The fraction of sp³-hybridized carbons (Fsp3) is 0.533. The van der Waals surface area contributed by atoms with Gasteiger partial charge in [0.15, 0.2) is 6.10 Å². The Labute approximate surface area is 109 Å². The van der Waals surface area contributed by atoms with Crippen LogP contribution in [-0.4, -0.2) is 17.2 Å². The van der Waals surface area contributed by atoms with Gasteiger partial charge in [-0.25, -0.2) is 4.79 Å². The molecule has 0 bridgehead atoms. The molecular weight excluding hydrogens is 228 g/mol. The molecule has 100 valence electrons. The molecular formula is C15H22O3. The minimum Gasteiger partial charge on any atom is -0.479 e. The average molecular weight is 250 g/mol. The number of aliphatic carboxylic acids is 1. The third-order valence-corrected chi connectivity index (χ3v) is 2.96. The third kappa shape index (κ3) is 3.76. The van der Waals surface area contributed by atoms with E-state index in [4.69, 9.17) is 9.84 Å². The maximum Gasteiger partial charge on any atom is 0.344 e. The van der Waals surface area contributed by atoms with Crippen molar-refractivity contribution in [1.82, 2.24) is 0 Å². The summed E-state index contributed by atoms with van der Waals surface area (Å²) >= 11 is 0. The molecule has 0 unspecified atom stereocenters.